The van der Waals surface area contributed by atoms with Crippen LogP contribution in [0.2, 0.25) is 0 Å². The first-order chi connectivity index (χ1) is 8.58. The normalized spacial score (nSPS) is 28.2. The van der Waals surface area contributed by atoms with E-state index in [9.17, 15) is 9.59 Å². The molecule has 18 heavy (non-hydrogen) atoms. The van der Waals surface area contributed by atoms with E-state index in [1.165, 1.54) is 4.90 Å². The fourth-order valence-electron chi connectivity index (χ4n) is 2.88. The number of aromatic amines is 1. The molecule has 2 amide bonds. The highest BCUT2D eigenvalue weighted by Gasteiger charge is 2.50. The molecule has 2 fully saturated rings. The van der Waals surface area contributed by atoms with Crippen LogP contribution in [0.15, 0.2) is 6.33 Å². The summed E-state index contributed by atoms with van der Waals surface area (Å²) in [6.45, 7) is 3.99. The summed E-state index contributed by atoms with van der Waals surface area (Å²) < 4.78 is 0. The van der Waals surface area contributed by atoms with Crippen LogP contribution in [0.5, 0.6) is 0 Å². The number of aryl methyl sites for hydroxylation is 1. The number of hydrogen-bond acceptors (Lipinski definition) is 4. The van der Waals surface area contributed by atoms with E-state index >= 15 is 0 Å². The largest absolute Gasteiger partial charge is 0.348 e. The summed E-state index contributed by atoms with van der Waals surface area (Å²) in [5.74, 6) is -0.374. The second-order valence-electron chi connectivity index (χ2n) is 5.12. The van der Waals surface area contributed by atoms with Crippen molar-refractivity contribution in [2.24, 2.45) is 11.8 Å². The molecule has 0 bridgehead atoms. The van der Waals surface area contributed by atoms with Crippen molar-refractivity contribution in [2.45, 2.75) is 13.5 Å². The first-order valence-electron chi connectivity index (χ1n) is 6.10. The Morgan fingerprint density at radius 1 is 1.33 bits per heavy atom. The molecule has 96 valence electrons. The van der Waals surface area contributed by atoms with E-state index in [1.54, 1.807) is 13.4 Å². The molecule has 1 N–H and O–H groups in total. The molecule has 3 rings (SSSR count). The van der Waals surface area contributed by atoms with E-state index in [-0.39, 0.29) is 23.7 Å². The van der Waals surface area contributed by atoms with Gasteiger partial charge in [-0.05, 0) is 6.92 Å². The molecule has 0 aliphatic carbocycles. The summed E-state index contributed by atoms with van der Waals surface area (Å²) in [6.07, 6.45) is 1.67. The van der Waals surface area contributed by atoms with Gasteiger partial charge in [0.1, 0.15) is 0 Å². The topological polar surface area (TPSA) is 69.3 Å². The Kier molecular flexibility index (Phi) is 2.48. The van der Waals surface area contributed by atoms with E-state index in [0.717, 1.165) is 11.4 Å². The molecule has 6 heteroatoms. The molecule has 0 spiro atoms. The van der Waals surface area contributed by atoms with Gasteiger partial charge in [-0.3, -0.25) is 19.4 Å². The fraction of sp³-hybridized carbons (Fsp3) is 0.583. The first kappa shape index (κ1) is 11.4. The lowest BCUT2D eigenvalue weighted by molar-refractivity contribution is -0.138. The molecule has 6 nitrogen and oxygen atoms in total. The quantitative estimate of drug-likeness (QED) is 0.734. The van der Waals surface area contributed by atoms with Gasteiger partial charge in [-0.25, -0.2) is 4.98 Å². The number of hydrogen-bond donors (Lipinski definition) is 1. The standard InChI is InChI=1S/C12H16N4O2/c1-7-10(14-6-13-7)5-16-3-8-9(4-16)12(18)15(2)11(8)17/h6,8-9H,3-5H2,1-2H3,(H,13,14). The molecule has 2 aliphatic heterocycles. The third-order valence-electron chi connectivity index (χ3n) is 4.00. The number of fused-ring (bicyclic) bond motifs is 1. The van der Waals surface area contributed by atoms with Crippen LogP contribution in [0.3, 0.4) is 0 Å². The van der Waals surface area contributed by atoms with E-state index in [0.29, 0.717) is 19.6 Å². The molecule has 1 aromatic heterocycles. The highest BCUT2D eigenvalue weighted by atomic mass is 16.2. The summed E-state index contributed by atoms with van der Waals surface area (Å²) in [4.78, 5) is 34.4. The fourth-order valence-corrected chi connectivity index (χ4v) is 2.88. The zero-order valence-corrected chi connectivity index (χ0v) is 10.5. The van der Waals surface area contributed by atoms with Crippen LogP contribution in [0.1, 0.15) is 11.4 Å². The Bertz CT molecular complexity index is 486. The van der Waals surface area contributed by atoms with Gasteiger partial charge in [-0.2, -0.15) is 0 Å². The highest BCUT2D eigenvalue weighted by Crippen LogP contribution is 2.33. The third-order valence-corrected chi connectivity index (χ3v) is 4.00. The van der Waals surface area contributed by atoms with E-state index in [2.05, 4.69) is 14.9 Å². The van der Waals surface area contributed by atoms with Gasteiger partial charge in [0.2, 0.25) is 11.8 Å². The first-order valence-corrected chi connectivity index (χ1v) is 6.10. The van der Waals surface area contributed by atoms with Crippen LogP contribution < -0.4 is 0 Å². The van der Waals surface area contributed by atoms with E-state index < -0.39 is 0 Å². The molecule has 3 heterocycles. The van der Waals surface area contributed by atoms with Crippen molar-refractivity contribution in [3.63, 3.8) is 0 Å². The van der Waals surface area contributed by atoms with Gasteiger partial charge < -0.3 is 4.98 Å². The maximum absolute atomic E-state index is 11.9. The molecule has 2 unspecified atom stereocenters. The summed E-state index contributed by atoms with van der Waals surface area (Å²) >= 11 is 0. The van der Waals surface area contributed by atoms with Crippen molar-refractivity contribution in [2.75, 3.05) is 20.1 Å². The van der Waals surface area contributed by atoms with Crippen LogP contribution >= 0.6 is 0 Å². The number of likely N-dealkylation sites (tertiary alicyclic amines) is 2. The summed E-state index contributed by atoms with van der Waals surface area (Å²) in [7, 11) is 1.57. The van der Waals surface area contributed by atoms with Crippen molar-refractivity contribution in [1.82, 2.24) is 19.8 Å². The van der Waals surface area contributed by atoms with Crippen molar-refractivity contribution in [3.8, 4) is 0 Å². The number of amides is 2. The number of rotatable bonds is 2. The molecule has 2 aliphatic rings. The van der Waals surface area contributed by atoms with Gasteiger partial charge in [0.05, 0.1) is 23.9 Å². The Hall–Kier alpha value is -1.69. The number of nitrogens with one attached hydrogen (secondary N) is 1. The number of H-pyrrole nitrogens is 1. The van der Waals surface area contributed by atoms with E-state index in [1.807, 2.05) is 6.92 Å². The number of aromatic nitrogens is 2. The Morgan fingerprint density at radius 2 is 1.94 bits per heavy atom. The molecule has 0 saturated carbocycles. The average molecular weight is 248 g/mol. The smallest absolute Gasteiger partial charge is 0.234 e. The third kappa shape index (κ3) is 1.56. The zero-order valence-electron chi connectivity index (χ0n) is 10.5. The van der Waals surface area contributed by atoms with Crippen LogP contribution in [0, 0.1) is 18.8 Å². The van der Waals surface area contributed by atoms with Crippen LogP contribution in [0.25, 0.3) is 0 Å². The molecule has 0 aromatic carbocycles. The van der Waals surface area contributed by atoms with Crippen LogP contribution in [-0.2, 0) is 16.1 Å². The van der Waals surface area contributed by atoms with Crippen molar-refractivity contribution < 1.29 is 9.59 Å². The maximum atomic E-state index is 11.9. The Balaban J connectivity index is 1.72. The summed E-state index contributed by atoms with van der Waals surface area (Å²) in [5, 5.41) is 0. The molecule has 0 radical (unpaired) electrons. The zero-order chi connectivity index (χ0) is 12.9. The summed E-state index contributed by atoms with van der Waals surface area (Å²) in [6, 6.07) is 0. The number of carbonyl (C=O) groups is 2. The predicted octanol–water partition coefficient (Wildman–Crippen LogP) is -0.235. The van der Waals surface area contributed by atoms with Gasteiger partial charge in [-0.15, -0.1) is 0 Å². The number of imide groups is 1. The van der Waals surface area contributed by atoms with Gasteiger partial charge >= 0.3 is 0 Å². The van der Waals surface area contributed by atoms with Crippen LogP contribution in [0.4, 0.5) is 0 Å². The number of carbonyl (C=O) groups excluding carboxylic acids is 2. The van der Waals surface area contributed by atoms with Crippen molar-refractivity contribution in [3.05, 3.63) is 17.7 Å². The average Bonchev–Trinajstić information content (AvgIpc) is 2.98. The minimum absolute atomic E-state index is 0.0359. The minimum atomic E-state index is -0.151. The van der Waals surface area contributed by atoms with Crippen molar-refractivity contribution in [1.29, 1.82) is 0 Å². The van der Waals surface area contributed by atoms with E-state index in [4.69, 9.17) is 0 Å². The Morgan fingerprint density at radius 3 is 2.44 bits per heavy atom. The lowest BCUT2D eigenvalue weighted by Crippen LogP contribution is -2.33. The van der Waals surface area contributed by atoms with Gasteiger partial charge in [0.25, 0.3) is 0 Å². The number of imidazole rings is 1. The maximum Gasteiger partial charge on any atom is 0.234 e. The van der Waals surface area contributed by atoms with Gasteiger partial charge in [0.15, 0.2) is 0 Å². The molecule has 2 saturated heterocycles. The van der Waals surface area contributed by atoms with Gasteiger partial charge in [0, 0.05) is 32.4 Å². The minimum Gasteiger partial charge on any atom is -0.348 e. The number of nitrogens with zero attached hydrogens (tertiary/aromatic N) is 3. The predicted molar refractivity (Wildman–Crippen MR) is 63.4 cm³/mol. The Labute approximate surface area is 105 Å². The summed E-state index contributed by atoms with van der Waals surface area (Å²) in [5.41, 5.74) is 2.03. The molecular weight excluding hydrogens is 232 g/mol. The lowest BCUT2D eigenvalue weighted by Gasteiger charge is -2.17. The lowest BCUT2D eigenvalue weighted by atomic mass is 10.00. The molecular formula is C12H16N4O2. The van der Waals surface area contributed by atoms with Gasteiger partial charge in [-0.1, -0.05) is 0 Å². The highest BCUT2D eigenvalue weighted by molar-refractivity contribution is 6.05. The monoisotopic (exact) mass is 248 g/mol. The molecule has 1 aromatic rings. The SMILES string of the molecule is Cc1[nH]cnc1CN1CC2C(=O)N(C)C(=O)C2C1. The van der Waals surface area contributed by atoms with Crippen LogP contribution in [-0.4, -0.2) is 51.7 Å². The molecule has 2 atom stereocenters. The second kappa shape index (κ2) is 3.91. The second-order valence-corrected chi connectivity index (χ2v) is 5.12. The van der Waals surface area contributed by atoms with Crippen molar-refractivity contribution >= 4 is 11.8 Å².